The summed E-state index contributed by atoms with van der Waals surface area (Å²) in [4.78, 5) is 11.7. The molecule has 0 radical (unpaired) electrons. The quantitative estimate of drug-likeness (QED) is 0.857. The van der Waals surface area contributed by atoms with Gasteiger partial charge in [0.05, 0.1) is 10.0 Å². The molecule has 0 spiro atoms. The number of anilines is 1. The molecule has 1 amide bonds. The van der Waals surface area contributed by atoms with Gasteiger partial charge in [0.25, 0.3) is 5.91 Å². The number of amides is 1. The Morgan fingerprint density at radius 2 is 1.86 bits per heavy atom. The predicted octanol–water partition coefficient (Wildman–Crippen LogP) is 4.49. The Labute approximate surface area is 133 Å². The molecule has 0 fully saturated rings. The van der Waals surface area contributed by atoms with E-state index in [1.54, 1.807) is 24.3 Å². The molecule has 3 nitrogen and oxygen atoms in total. The van der Waals surface area contributed by atoms with E-state index in [0.717, 1.165) is 12.1 Å². The minimum atomic E-state index is -4.45. The van der Waals surface area contributed by atoms with Crippen LogP contribution in [0.25, 0.3) is 0 Å². The second-order valence-electron chi connectivity index (χ2n) is 4.35. The number of alkyl halides is 3. The average molecular weight is 374 g/mol. The smallest absolute Gasteiger partial charge is 0.416 e. The number of benzene rings is 2. The fourth-order valence-electron chi connectivity index (χ4n) is 1.68. The fraction of sp³-hybridized carbons (Fsp3) is 0.133. The summed E-state index contributed by atoms with van der Waals surface area (Å²) in [6.45, 7) is -0.307. The van der Waals surface area contributed by atoms with Crippen LogP contribution in [0.2, 0.25) is 0 Å². The third kappa shape index (κ3) is 4.49. The van der Waals surface area contributed by atoms with Crippen LogP contribution in [0.4, 0.5) is 18.9 Å². The summed E-state index contributed by atoms with van der Waals surface area (Å²) in [6, 6.07) is 11.4. The molecule has 0 saturated carbocycles. The monoisotopic (exact) mass is 373 g/mol. The van der Waals surface area contributed by atoms with Gasteiger partial charge >= 0.3 is 6.18 Å². The van der Waals surface area contributed by atoms with Gasteiger partial charge in [-0.25, -0.2) is 0 Å². The number of para-hydroxylation sites is 1. The van der Waals surface area contributed by atoms with Crippen molar-refractivity contribution in [2.24, 2.45) is 0 Å². The van der Waals surface area contributed by atoms with Crippen molar-refractivity contribution < 1.29 is 22.7 Å². The maximum absolute atomic E-state index is 12.6. The van der Waals surface area contributed by atoms with Crippen molar-refractivity contribution in [3.8, 4) is 5.75 Å². The summed E-state index contributed by atoms with van der Waals surface area (Å²) < 4.78 is 43.7. The lowest BCUT2D eigenvalue weighted by atomic mass is 10.2. The number of halogens is 4. The number of nitrogens with one attached hydrogen (secondary N) is 1. The van der Waals surface area contributed by atoms with Gasteiger partial charge in [-0.2, -0.15) is 13.2 Å². The van der Waals surface area contributed by atoms with Crippen molar-refractivity contribution in [3.05, 3.63) is 58.6 Å². The van der Waals surface area contributed by atoms with Crippen molar-refractivity contribution in [2.45, 2.75) is 6.18 Å². The molecule has 116 valence electrons. The highest BCUT2D eigenvalue weighted by Crippen LogP contribution is 2.30. The molecule has 0 aliphatic carbocycles. The third-order valence-electron chi connectivity index (χ3n) is 2.67. The fourth-order valence-corrected chi connectivity index (χ4v) is 2.07. The standard InChI is InChI=1S/C15H11BrF3NO2/c16-12-6-1-2-7-13(12)22-9-14(21)20-11-5-3-4-10(8-11)15(17,18)19/h1-8H,9H2,(H,20,21). The van der Waals surface area contributed by atoms with E-state index in [2.05, 4.69) is 21.2 Å². The third-order valence-corrected chi connectivity index (χ3v) is 3.32. The van der Waals surface area contributed by atoms with Crippen LogP contribution >= 0.6 is 15.9 Å². The van der Waals surface area contributed by atoms with E-state index in [-0.39, 0.29) is 12.3 Å². The minimum Gasteiger partial charge on any atom is -0.483 e. The zero-order valence-corrected chi connectivity index (χ0v) is 12.7. The molecular weight excluding hydrogens is 363 g/mol. The van der Waals surface area contributed by atoms with Crippen molar-refractivity contribution in [3.63, 3.8) is 0 Å². The summed E-state index contributed by atoms with van der Waals surface area (Å²) in [6.07, 6.45) is -4.45. The van der Waals surface area contributed by atoms with Crippen LogP contribution in [0.1, 0.15) is 5.56 Å². The lowest BCUT2D eigenvalue weighted by Crippen LogP contribution is -2.20. The molecule has 2 aromatic carbocycles. The first-order valence-corrected chi connectivity index (χ1v) is 7.00. The summed E-state index contributed by atoms with van der Waals surface area (Å²) in [5.74, 6) is -0.0724. The Morgan fingerprint density at radius 3 is 2.55 bits per heavy atom. The lowest BCUT2D eigenvalue weighted by molar-refractivity contribution is -0.137. The molecule has 0 aromatic heterocycles. The van der Waals surface area contributed by atoms with Gasteiger partial charge in [-0.1, -0.05) is 18.2 Å². The highest BCUT2D eigenvalue weighted by Gasteiger charge is 2.30. The Hall–Kier alpha value is -2.02. The highest BCUT2D eigenvalue weighted by atomic mass is 79.9. The Morgan fingerprint density at radius 1 is 1.14 bits per heavy atom. The summed E-state index contributed by atoms with van der Waals surface area (Å²) in [5.41, 5.74) is -0.757. The molecule has 22 heavy (non-hydrogen) atoms. The van der Waals surface area contributed by atoms with Crippen LogP contribution in [0.3, 0.4) is 0 Å². The van der Waals surface area contributed by atoms with Gasteiger partial charge in [0.1, 0.15) is 5.75 Å². The summed E-state index contributed by atoms with van der Waals surface area (Å²) in [7, 11) is 0. The molecule has 0 aliphatic rings. The maximum Gasteiger partial charge on any atom is 0.416 e. The van der Waals surface area contributed by atoms with Crippen LogP contribution < -0.4 is 10.1 Å². The van der Waals surface area contributed by atoms with Crippen LogP contribution in [-0.4, -0.2) is 12.5 Å². The predicted molar refractivity (Wildman–Crippen MR) is 79.7 cm³/mol. The Bertz CT molecular complexity index is 674. The molecular formula is C15H11BrF3NO2. The second-order valence-corrected chi connectivity index (χ2v) is 5.20. The molecule has 0 bridgehead atoms. The van der Waals surface area contributed by atoms with Gasteiger partial charge in [-0.05, 0) is 46.3 Å². The topological polar surface area (TPSA) is 38.3 Å². The molecule has 2 rings (SSSR count). The SMILES string of the molecule is O=C(COc1ccccc1Br)Nc1cccc(C(F)(F)F)c1. The normalized spacial score (nSPS) is 11.1. The zero-order chi connectivity index (χ0) is 16.2. The lowest BCUT2D eigenvalue weighted by Gasteiger charge is -2.11. The van der Waals surface area contributed by atoms with Crippen LogP contribution in [0.5, 0.6) is 5.75 Å². The number of hydrogen-bond acceptors (Lipinski definition) is 2. The molecule has 2 aromatic rings. The summed E-state index contributed by atoms with van der Waals surface area (Å²) >= 11 is 3.26. The van der Waals surface area contributed by atoms with E-state index in [1.165, 1.54) is 12.1 Å². The number of ether oxygens (including phenoxy) is 1. The summed E-state index contributed by atoms with van der Waals surface area (Å²) in [5, 5.41) is 2.36. The number of carbonyl (C=O) groups is 1. The minimum absolute atomic E-state index is 0.0653. The van der Waals surface area contributed by atoms with Gasteiger partial charge in [0.15, 0.2) is 6.61 Å². The van der Waals surface area contributed by atoms with E-state index >= 15 is 0 Å². The van der Waals surface area contributed by atoms with Gasteiger partial charge < -0.3 is 10.1 Å². The molecule has 1 N–H and O–H groups in total. The first-order chi connectivity index (χ1) is 10.4. The number of rotatable bonds is 4. The van der Waals surface area contributed by atoms with E-state index in [4.69, 9.17) is 4.74 Å². The molecule has 0 heterocycles. The number of carbonyl (C=O) groups excluding carboxylic acids is 1. The average Bonchev–Trinajstić information content (AvgIpc) is 2.46. The van der Waals surface area contributed by atoms with E-state index < -0.39 is 17.6 Å². The number of hydrogen-bond donors (Lipinski definition) is 1. The van der Waals surface area contributed by atoms with Crippen LogP contribution in [0.15, 0.2) is 53.0 Å². The zero-order valence-electron chi connectivity index (χ0n) is 11.2. The first-order valence-electron chi connectivity index (χ1n) is 6.21. The highest BCUT2D eigenvalue weighted by molar-refractivity contribution is 9.10. The molecule has 0 unspecified atom stereocenters. The Kier molecular flexibility index (Phi) is 5.07. The van der Waals surface area contributed by atoms with Crippen molar-refractivity contribution in [2.75, 3.05) is 11.9 Å². The largest absolute Gasteiger partial charge is 0.483 e. The van der Waals surface area contributed by atoms with Gasteiger partial charge in [-0.15, -0.1) is 0 Å². The molecule has 0 aliphatic heterocycles. The van der Waals surface area contributed by atoms with Crippen LogP contribution in [0, 0.1) is 0 Å². The maximum atomic E-state index is 12.6. The van der Waals surface area contributed by atoms with E-state index in [0.29, 0.717) is 10.2 Å². The molecule has 7 heteroatoms. The van der Waals surface area contributed by atoms with Gasteiger partial charge in [0, 0.05) is 5.69 Å². The van der Waals surface area contributed by atoms with Crippen molar-refractivity contribution in [1.82, 2.24) is 0 Å². The second kappa shape index (κ2) is 6.83. The van der Waals surface area contributed by atoms with Gasteiger partial charge in [-0.3, -0.25) is 4.79 Å². The Balaban J connectivity index is 1.97. The van der Waals surface area contributed by atoms with Crippen LogP contribution in [-0.2, 0) is 11.0 Å². The molecule has 0 saturated heterocycles. The van der Waals surface area contributed by atoms with Crippen molar-refractivity contribution in [1.29, 1.82) is 0 Å². The van der Waals surface area contributed by atoms with Crippen molar-refractivity contribution >= 4 is 27.5 Å². The first kappa shape index (κ1) is 16.4. The molecule has 0 atom stereocenters. The van der Waals surface area contributed by atoms with E-state index in [1.807, 2.05) is 0 Å². The van der Waals surface area contributed by atoms with Gasteiger partial charge in [0.2, 0.25) is 0 Å². The van der Waals surface area contributed by atoms with E-state index in [9.17, 15) is 18.0 Å².